The average molecular weight is 540 g/mol. The van der Waals surface area contributed by atoms with Crippen molar-refractivity contribution in [2.24, 2.45) is 11.8 Å². The molecule has 208 valence electrons. The zero-order valence-corrected chi connectivity index (χ0v) is 23.3. The Morgan fingerprint density at radius 1 is 0.825 bits per heavy atom. The number of carbonyl (C=O) groups is 3. The van der Waals surface area contributed by atoms with Gasteiger partial charge in [0, 0.05) is 26.7 Å². The molecule has 5 rings (SSSR count). The molecule has 7 nitrogen and oxygen atoms in total. The van der Waals surface area contributed by atoms with E-state index in [0.717, 1.165) is 16.7 Å². The Morgan fingerprint density at radius 2 is 1.30 bits per heavy atom. The lowest BCUT2D eigenvalue weighted by atomic mass is 9.76. The largest absolute Gasteiger partial charge is 0.480 e. The highest BCUT2D eigenvalue weighted by Crippen LogP contribution is 2.48. The van der Waals surface area contributed by atoms with Gasteiger partial charge in [-0.2, -0.15) is 0 Å². The number of aliphatic carboxylic acids is 1. The number of carboxylic acids is 1. The van der Waals surface area contributed by atoms with Gasteiger partial charge in [0.15, 0.2) is 0 Å². The fourth-order valence-electron chi connectivity index (χ4n) is 6.45. The molecule has 40 heavy (non-hydrogen) atoms. The van der Waals surface area contributed by atoms with E-state index >= 15 is 0 Å². The topological polar surface area (TPSA) is 80.9 Å². The van der Waals surface area contributed by atoms with Gasteiger partial charge < -0.3 is 14.9 Å². The van der Waals surface area contributed by atoms with E-state index in [2.05, 4.69) is 41.3 Å². The van der Waals surface area contributed by atoms with Gasteiger partial charge in [0.05, 0.1) is 11.5 Å². The van der Waals surface area contributed by atoms with Gasteiger partial charge >= 0.3 is 5.97 Å². The van der Waals surface area contributed by atoms with Crippen LogP contribution in [-0.4, -0.2) is 76.4 Å². The third kappa shape index (κ3) is 4.90. The van der Waals surface area contributed by atoms with Gasteiger partial charge in [-0.15, -0.1) is 0 Å². The summed E-state index contributed by atoms with van der Waals surface area (Å²) < 4.78 is 0. The molecule has 3 aromatic carbocycles. The van der Waals surface area contributed by atoms with Crippen molar-refractivity contribution in [3.8, 4) is 0 Å². The van der Waals surface area contributed by atoms with Crippen LogP contribution in [-0.2, 0) is 19.9 Å². The minimum absolute atomic E-state index is 0.0174. The number of likely N-dealkylation sites (tertiary alicyclic amines) is 1. The van der Waals surface area contributed by atoms with Crippen LogP contribution in [0, 0.1) is 11.8 Å². The van der Waals surface area contributed by atoms with Crippen LogP contribution in [0.5, 0.6) is 0 Å². The monoisotopic (exact) mass is 539 g/mol. The molecule has 3 aromatic rings. The second-order valence-electron chi connectivity index (χ2n) is 11.2. The third-order valence-corrected chi connectivity index (χ3v) is 8.40. The predicted molar refractivity (Wildman–Crippen MR) is 153 cm³/mol. The second-order valence-corrected chi connectivity index (χ2v) is 11.2. The maximum atomic E-state index is 13.9. The first kappa shape index (κ1) is 27.6. The van der Waals surface area contributed by atoms with E-state index in [9.17, 15) is 19.5 Å². The summed E-state index contributed by atoms with van der Waals surface area (Å²) in [6.07, 6.45) is 0.535. The highest BCUT2D eigenvalue weighted by atomic mass is 16.4. The first-order valence-corrected chi connectivity index (χ1v) is 14.0. The van der Waals surface area contributed by atoms with Crippen LogP contribution in [0.1, 0.15) is 37.0 Å². The molecule has 0 spiro atoms. The fourth-order valence-corrected chi connectivity index (χ4v) is 6.45. The lowest BCUT2D eigenvalue weighted by Gasteiger charge is -2.38. The number of amides is 2. The molecule has 1 N–H and O–H groups in total. The Labute approximate surface area is 236 Å². The number of likely N-dealkylation sites (N-methyl/N-ethyl adjacent to an activating group) is 1. The van der Waals surface area contributed by atoms with Crippen LogP contribution in [0.4, 0.5) is 0 Å². The summed E-state index contributed by atoms with van der Waals surface area (Å²) in [6.45, 7) is 5.00. The quantitative estimate of drug-likeness (QED) is 0.328. The molecule has 0 aromatic heterocycles. The molecule has 2 saturated heterocycles. The van der Waals surface area contributed by atoms with Gasteiger partial charge in [0.2, 0.25) is 11.8 Å². The Morgan fingerprint density at radius 3 is 1.73 bits per heavy atom. The van der Waals surface area contributed by atoms with Crippen LogP contribution < -0.4 is 0 Å². The molecule has 0 saturated carbocycles. The minimum atomic E-state index is -1.01. The van der Waals surface area contributed by atoms with E-state index in [1.165, 1.54) is 4.90 Å². The van der Waals surface area contributed by atoms with Crippen molar-refractivity contribution in [3.63, 3.8) is 0 Å². The van der Waals surface area contributed by atoms with Crippen LogP contribution in [0.25, 0.3) is 0 Å². The minimum Gasteiger partial charge on any atom is -0.480 e. The van der Waals surface area contributed by atoms with Crippen molar-refractivity contribution in [3.05, 3.63) is 108 Å². The molecule has 2 aliphatic rings. The Bertz CT molecular complexity index is 1250. The molecule has 0 bridgehead atoms. The summed E-state index contributed by atoms with van der Waals surface area (Å²) in [6, 6.07) is 29.7. The number of hydrogen-bond acceptors (Lipinski definition) is 4. The number of rotatable bonds is 9. The second kappa shape index (κ2) is 11.3. The summed E-state index contributed by atoms with van der Waals surface area (Å²) >= 11 is 0. The van der Waals surface area contributed by atoms with Gasteiger partial charge in [0.1, 0.15) is 12.1 Å². The molecule has 7 heteroatoms. The van der Waals surface area contributed by atoms with Crippen molar-refractivity contribution >= 4 is 17.8 Å². The van der Waals surface area contributed by atoms with Crippen LogP contribution in [0.3, 0.4) is 0 Å². The van der Waals surface area contributed by atoms with Crippen LogP contribution >= 0.6 is 0 Å². The van der Waals surface area contributed by atoms with E-state index in [1.807, 2.05) is 54.6 Å². The van der Waals surface area contributed by atoms with Gasteiger partial charge in [-0.1, -0.05) is 105 Å². The van der Waals surface area contributed by atoms with Gasteiger partial charge in [-0.3, -0.25) is 14.5 Å². The number of nitrogens with zero attached hydrogens (tertiary/aromatic N) is 3. The average Bonchev–Trinajstić information content (AvgIpc) is 3.60. The normalized spacial score (nSPS) is 21.2. The standard InChI is InChI=1S/C33H37N3O4/c1-23(2)29(32(39)40)34(3)30(37)24-19-20-35(21-24)31(38)28-22-36(28)33(25-13-7-4-8-14-25,26-15-9-5-10-16-26)27-17-11-6-12-18-27/h4-18,23-24,28-29H,19-22H2,1-3H3,(H,39,40)/t24-,28?,29?,36?/m0/s1. The van der Waals surface area contributed by atoms with E-state index in [0.29, 0.717) is 26.1 Å². The smallest absolute Gasteiger partial charge is 0.326 e. The maximum absolute atomic E-state index is 13.9. The molecule has 2 fully saturated rings. The molecule has 2 aliphatic heterocycles. The van der Waals surface area contributed by atoms with Crippen molar-refractivity contribution in [2.75, 3.05) is 26.7 Å². The summed E-state index contributed by atoms with van der Waals surface area (Å²) in [7, 11) is 1.56. The molecular weight excluding hydrogens is 502 g/mol. The molecule has 3 unspecified atom stereocenters. The lowest BCUT2D eigenvalue weighted by Crippen LogP contribution is -2.48. The number of carboxylic acid groups (broad SMARTS) is 1. The van der Waals surface area contributed by atoms with Crippen LogP contribution in [0.2, 0.25) is 0 Å². The highest BCUT2D eigenvalue weighted by molar-refractivity contribution is 5.89. The molecule has 0 radical (unpaired) electrons. The highest BCUT2D eigenvalue weighted by Gasteiger charge is 2.57. The van der Waals surface area contributed by atoms with Crippen molar-refractivity contribution in [1.82, 2.24) is 14.7 Å². The molecule has 2 heterocycles. The fraction of sp³-hybridized carbons (Fsp3) is 0.364. The van der Waals surface area contributed by atoms with Crippen LogP contribution in [0.15, 0.2) is 91.0 Å². The molecule has 2 amide bonds. The molecule has 0 aliphatic carbocycles. The first-order valence-electron chi connectivity index (χ1n) is 14.0. The van der Waals surface area contributed by atoms with Gasteiger partial charge in [-0.05, 0) is 29.0 Å². The maximum Gasteiger partial charge on any atom is 0.326 e. The van der Waals surface area contributed by atoms with E-state index in [-0.39, 0.29) is 23.8 Å². The Balaban J connectivity index is 1.41. The van der Waals surface area contributed by atoms with Gasteiger partial charge in [-0.25, -0.2) is 4.79 Å². The van der Waals surface area contributed by atoms with Gasteiger partial charge in [0.25, 0.3) is 0 Å². The van der Waals surface area contributed by atoms with E-state index < -0.39 is 23.5 Å². The first-order chi connectivity index (χ1) is 19.3. The zero-order valence-electron chi connectivity index (χ0n) is 23.3. The summed E-state index contributed by atoms with van der Waals surface area (Å²) in [5.74, 6) is -1.82. The number of benzene rings is 3. The zero-order chi connectivity index (χ0) is 28.4. The number of carbonyl (C=O) groups excluding carboxylic acids is 2. The SMILES string of the molecule is CC(C)C(C(=O)O)N(C)C(=O)[C@H]1CCN(C(=O)C2CN2C(c2ccccc2)(c2ccccc2)c2ccccc2)C1. The summed E-state index contributed by atoms with van der Waals surface area (Å²) in [5.41, 5.74) is 2.62. The summed E-state index contributed by atoms with van der Waals surface area (Å²) in [4.78, 5) is 44.3. The summed E-state index contributed by atoms with van der Waals surface area (Å²) in [5, 5.41) is 9.65. The van der Waals surface area contributed by atoms with Crippen molar-refractivity contribution in [2.45, 2.75) is 37.9 Å². The third-order valence-electron chi connectivity index (χ3n) is 8.40. The Hall–Kier alpha value is -3.97. The van der Waals surface area contributed by atoms with Crippen molar-refractivity contribution in [1.29, 1.82) is 0 Å². The van der Waals surface area contributed by atoms with Crippen molar-refractivity contribution < 1.29 is 19.5 Å². The lowest BCUT2D eigenvalue weighted by molar-refractivity contribution is -0.152. The predicted octanol–water partition coefficient (Wildman–Crippen LogP) is 4.08. The molecular formula is C33H37N3O4. The number of hydrogen-bond donors (Lipinski definition) is 1. The molecule has 4 atom stereocenters. The van der Waals surface area contributed by atoms with E-state index in [4.69, 9.17) is 0 Å². The van der Waals surface area contributed by atoms with E-state index in [1.54, 1.807) is 25.8 Å². The Kier molecular flexibility index (Phi) is 7.76.